The van der Waals surface area contributed by atoms with Crippen LogP contribution in [0.4, 0.5) is 13.2 Å². The Labute approximate surface area is 174 Å². The maximum absolute atomic E-state index is 13.1. The van der Waals surface area contributed by atoms with E-state index >= 15 is 0 Å². The number of carbonyl (C=O) groups is 1. The highest BCUT2D eigenvalue weighted by Crippen LogP contribution is 2.39. The average molecular weight is 435 g/mol. The lowest BCUT2D eigenvalue weighted by atomic mass is 9.96. The highest BCUT2D eigenvalue weighted by Gasteiger charge is 2.34. The molecule has 30 heavy (non-hydrogen) atoms. The Bertz CT molecular complexity index is 1110. The summed E-state index contributed by atoms with van der Waals surface area (Å²) in [6.45, 7) is 2.93. The van der Waals surface area contributed by atoms with Gasteiger partial charge in [-0.3, -0.25) is 9.89 Å². The zero-order valence-electron chi connectivity index (χ0n) is 16.3. The van der Waals surface area contributed by atoms with Gasteiger partial charge in [-0.1, -0.05) is 0 Å². The van der Waals surface area contributed by atoms with Crippen LogP contribution >= 0.6 is 11.3 Å². The third-order valence-electron chi connectivity index (χ3n) is 5.92. The highest BCUT2D eigenvalue weighted by molar-refractivity contribution is 7.20. The number of likely N-dealkylation sites (tertiary alicyclic amines) is 1. The first-order valence-electron chi connectivity index (χ1n) is 10.00. The molecule has 6 nitrogen and oxygen atoms in total. The molecular weight excluding hydrogens is 415 g/mol. The molecule has 3 aromatic rings. The number of pyridine rings is 1. The van der Waals surface area contributed by atoms with Gasteiger partial charge in [0, 0.05) is 30.3 Å². The van der Waals surface area contributed by atoms with Gasteiger partial charge in [0.25, 0.3) is 5.91 Å². The van der Waals surface area contributed by atoms with Crippen molar-refractivity contribution in [1.29, 1.82) is 0 Å². The smallest absolute Gasteiger partial charge is 0.338 e. The normalized spacial score (nSPS) is 18.3. The van der Waals surface area contributed by atoms with E-state index in [9.17, 15) is 18.0 Å². The number of carbonyl (C=O) groups excluding carboxylic acids is 1. The molecule has 0 radical (unpaired) electrons. The zero-order chi connectivity index (χ0) is 21.0. The lowest BCUT2D eigenvalue weighted by molar-refractivity contribution is -0.140. The molecule has 3 aromatic heterocycles. The van der Waals surface area contributed by atoms with Crippen LogP contribution in [-0.2, 0) is 6.18 Å². The maximum Gasteiger partial charge on any atom is 0.433 e. The van der Waals surface area contributed by atoms with E-state index in [-0.39, 0.29) is 16.7 Å². The van der Waals surface area contributed by atoms with Gasteiger partial charge in [0.05, 0.1) is 4.88 Å². The molecule has 4 heterocycles. The summed E-state index contributed by atoms with van der Waals surface area (Å²) in [5.74, 6) is 2.40. The molecular formula is C20H20F3N5OS. The van der Waals surface area contributed by atoms with Gasteiger partial charge in [-0.2, -0.15) is 18.3 Å². The van der Waals surface area contributed by atoms with Crippen LogP contribution in [0.15, 0.2) is 12.1 Å². The van der Waals surface area contributed by atoms with Gasteiger partial charge < -0.3 is 4.90 Å². The summed E-state index contributed by atoms with van der Waals surface area (Å²) in [6, 6.07) is 2.37. The van der Waals surface area contributed by atoms with Crippen LogP contribution in [0.5, 0.6) is 0 Å². The molecule has 2 aliphatic rings. The number of hydrogen-bond donors (Lipinski definition) is 1. The van der Waals surface area contributed by atoms with Gasteiger partial charge in [-0.25, -0.2) is 9.97 Å². The van der Waals surface area contributed by atoms with E-state index in [1.54, 1.807) is 11.8 Å². The summed E-state index contributed by atoms with van der Waals surface area (Å²) in [5, 5.41) is 7.97. The summed E-state index contributed by atoms with van der Waals surface area (Å²) in [4.78, 5) is 23.9. The monoisotopic (exact) mass is 435 g/mol. The molecule has 5 rings (SSSR count). The van der Waals surface area contributed by atoms with Crippen molar-refractivity contribution in [3.8, 4) is 0 Å². The number of aromatic nitrogens is 4. The SMILES string of the molecule is Cc1c(C(=O)N2CCC(c3nc(C4CC4)n[nH]3)CC2)sc2nc(C(F)(F)F)ccc12. The van der Waals surface area contributed by atoms with E-state index in [1.807, 2.05) is 0 Å². The number of rotatable bonds is 3. The molecule has 10 heteroatoms. The number of thiophene rings is 1. The molecule has 1 N–H and O–H groups in total. The number of aromatic amines is 1. The van der Waals surface area contributed by atoms with E-state index in [0.717, 1.165) is 54.7 Å². The van der Waals surface area contributed by atoms with Crippen molar-refractivity contribution in [2.75, 3.05) is 13.1 Å². The average Bonchev–Trinajstić information content (AvgIpc) is 3.37. The molecule has 1 amide bonds. The minimum atomic E-state index is -4.50. The summed E-state index contributed by atoms with van der Waals surface area (Å²) >= 11 is 1.04. The van der Waals surface area contributed by atoms with Crippen LogP contribution in [-0.4, -0.2) is 44.1 Å². The van der Waals surface area contributed by atoms with E-state index < -0.39 is 11.9 Å². The number of fused-ring (bicyclic) bond motifs is 1. The number of piperidine rings is 1. The van der Waals surface area contributed by atoms with Crippen LogP contribution in [0.25, 0.3) is 10.2 Å². The molecule has 0 aromatic carbocycles. The molecule has 0 unspecified atom stereocenters. The van der Waals surface area contributed by atoms with Crippen LogP contribution in [0.2, 0.25) is 0 Å². The molecule has 1 aliphatic heterocycles. The Morgan fingerprint density at radius 1 is 1.13 bits per heavy atom. The number of alkyl halides is 3. The zero-order valence-corrected chi connectivity index (χ0v) is 17.1. The number of halogens is 3. The number of amides is 1. The topological polar surface area (TPSA) is 74.8 Å². The first kappa shape index (κ1) is 19.5. The predicted octanol–water partition coefficient (Wildman–Crippen LogP) is 4.64. The first-order chi connectivity index (χ1) is 14.3. The molecule has 2 fully saturated rings. The summed E-state index contributed by atoms with van der Waals surface area (Å²) in [7, 11) is 0. The molecule has 1 saturated heterocycles. The maximum atomic E-state index is 13.1. The second kappa shape index (κ2) is 7.04. The van der Waals surface area contributed by atoms with Gasteiger partial charge in [-0.05, 0) is 50.3 Å². The van der Waals surface area contributed by atoms with Gasteiger partial charge in [0.15, 0.2) is 5.82 Å². The van der Waals surface area contributed by atoms with Gasteiger partial charge in [0.2, 0.25) is 0 Å². The Morgan fingerprint density at radius 3 is 2.53 bits per heavy atom. The minimum absolute atomic E-state index is 0.140. The lowest BCUT2D eigenvalue weighted by Crippen LogP contribution is -2.38. The van der Waals surface area contributed by atoms with Crippen molar-refractivity contribution in [3.05, 3.63) is 39.9 Å². The van der Waals surface area contributed by atoms with E-state index in [0.29, 0.717) is 34.8 Å². The van der Waals surface area contributed by atoms with Gasteiger partial charge in [0.1, 0.15) is 16.3 Å². The Kier molecular flexibility index (Phi) is 4.57. The van der Waals surface area contributed by atoms with Crippen molar-refractivity contribution in [3.63, 3.8) is 0 Å². The Hall–Kier alpha value is -2.49. The summed E-state index contributed by atoms with van der Waals surface area (Å²) in [6.07, 6.45) is -0.634. The first-order valence-corrected chi connectivity index (χ1v) is 10.8. The predicted molar refractivity (Wildman–Crippen MR) is 106 cm³/mol. The van der Waals surface area contributed by atoms with Crippen molar-refractivity contribution >= 4 is 27.5 Å². The number of aryl methyl sites for hydroxylation is 1. The van der Waals surface area contributed by atoms with Crippen LogP contribution in [0.1, 0.15) is 70.1 Å². The Balaban J connectivity index is 1.31. The fourth-order valence-corrected chi connectivity index (χ4v) is 5.10. The van der Waals surface area contributed by atoms with Crippen LogP contribution in [0.3, 0.4) is 0 Å². The van der Waals surface area contributed by atoms with E-state index in [2.05, 4.69) is 20.2 Å². The van der Waals surface area contributed by atoms with Crippen molar-refractivity contribution < 1.29 is 18.0 Å². The second-order valence-corrected chi connectivity index (χ2v) is 9.02. The molecule has 158 valence electrons. The van der Waals surface area contributed by atoms with Crippen LogP contribution in [0, 0.1) is 6.92 Å². The number of nitrogens with one attached hydrogen (secondary N) is 1. The number of H-pyrrole nitrogens is 1. The molecule has 0 bridgehead atoms. The Morgan fingerprint density at radius 2 is 1.87 bits per heavy atom. The molecule has 1 aliphatic carbocycles. The molecule has 1 saturated carbocycles. The molecule has 0 atom stereocenters. The van der Waals surface area contributed by atoms with Crippen molar-refractivity contribution in [1.82, 2.24) is 25.1 Å². The molecule has 0 spiro atoms. The summed E-state index contributed by atoms with van der Waals surface area (Å²) in [5.41, 5.74) is -0.249. The third-order valence-corrected chi connectivity index (χ3v) is 7.11. The van der Waals surface area contributed by atoms with Crippen LogP contribution < -0.4 is 0 Å². The van der Waals surface area contributed by atoms with Gasteiger partial charge in [-0.15, -0.1) is 11.3 Å². The number of hydrogen-bond acceptors (Lipinski definition) is 5. The third kappa shape index (κ3) is 3.46. The van der Waals surface area contributed by atoms with E-state index in [1.165, 1.54) is 6.07 Å². The second-order valence-electron chi connectivity index (χ2n) is 8.02. The van der Waals surface area contributed by atoms with E-state index in [4.69, 9.17) is 0 Å². The van der Waals surface area contributed by atoms with Crippen molar-refractivity contribution in [2.45, 2.75) is 50.6 Å². The fourth-order valence-electron chi connectivity index (χ4n) is 3.96. The summed E-state index contributed by atoms with van der Waals surface area (Å²) < 4.78 is 38.9. The number of nitrogens with zero attached hydrogens (tertiary/aromatic N) is 4. The minimum Gasteiger partial charge on any atom is -0.338 e. The fraction of sp³-hybridized carbons (Fsp3) is 0.500. The van der Waals surface area contributed by atoms with Crippen molar-refractivity contribution in [2.24, 2.45) is 0 Å². The quantitative estimate of drug-likeness (QED) is 0.651. The largest absolute Gasteiger partial charge is 0.433 e. The highest BCUT2D eigenvalue weighted by atomic mass is 32.1. The van der Waals surface area contributed by atoms with Gasteiger partial charge >= 0.3 is 6.18 Å². The standard InChI is InChI=1S/C20H20F3N5OS/c1-10-13-4-5-14(20(21,22)23)24-18(13)30-15(10)19(29)28-8-6-12(7-9-28)17-25-16(26-27-17)11-2-3-11/h4-5,11-12H,2-3,6-9H2,1H3,(H,25,26,27). The lowest BCUT2D eigenvalue weighted by Gasteiger charge is -2.30.